The number of nitrogens with zero attached hydrogens (tertiary/aromatic N) is 1. The first-order chi connectivity index (χ1) is 11.7. The summed E-state index contributed by atoms with van der Waals surface area (Å²) in [4.78, 5) is 14.3. The van der Waals surface area contributed by atoms with Gasteiger partial charge in [0.25, 0.3) is 0 Å². The molecule has 140 valence electrons. The lowest BCUT2D eigenvalue weighted by Crippen LogP contribution is -2.55. The molecule has 6 heteroatoms. The van der Waals surface area contributed by atoms with Gasteiger partial charge in [0.1, 0.15) is 11.4 Å². The number of ether oxygens (including phenoxy) is 3. The SMILES string of the molecule is COc1cccc(C(O)CC2COCC(C)N2C(=O)OC(C)(C)C)c1. The summed E-state index contributed by atoms with van der Waals surface area (Å²) < 4.78 is 16.3. The minimum Gasteiger partial charge on any atom is -0.497 e. The van der Waals surface area contributed by atoms with Gasteiger partial charge in [0.05, 0.1) is 38.5 Å². The van der Waals surface area contributed by atoms with Crippen molar-refractivity contribution in [1.29, 1.82) is 0 Å². The van der Waals surface area contributed by atoms with Crippen molar-refractivity contribution in [3.8, 4) is 5.75 Å². The molecule has 0 saturated carbocycles. The highest BCUT2D eigenvalue weighted by molar-refractivity contribution is 5.69. The summed E-state index contributed by atoms with van der Waals surface area (Å²) in [5.74, 6) is 0.689. The second kappa shape index (κ2) is 8.06. The second-order valence-electron chi connectivity index (χ2n) is 7.46. The normalized spacial score (nSPS) is 22.4. The van der Waals surface area contributed by atoms with Crippen LogP contribution in [0.3, 0.4) is 0 Å². The van der Waals surface area contributed by atoms with E-state index in [2.05, 4.69) is 0 Å². The Morgan fingerprint density at radius 2 is 2.12 bits per heavy atom. The Bertz CT molecular complexity index is 583. The molecule has 1 saturated heterocycles. The van der Waals surface area contributed by atoms with Gasteiger partial charge < -0.3 is 19.3 Å². The van der Waals surface area contributed by atoms with Gasteiger partial charge in [-0.05, 0) is 45.4 Å². The monoisotopic (exact) mass is 351 g/mol. The van der Waals surface area contributed by atoms with E-state index in [0.29, 0.717) is 25.4 Å². The Morgan fingerprint density at radius 3 is 2.76 bits per heavy atom. The third kappa shape index (κ3) is 5.34. The molecule has 3 unspecified atom stereocenters. The first-order valence-electron chi connectivity index (χ1n) is 8.62. The number of aliphatic hydroxyl groups excluding tert-OH is 1. The van der Waals surface area contributed by atoms with Crippen molar-refractivity contribution in [2.24, 2.45) is 0 Å². The topological polar surface area (TPSA) is 68.2 Å². The van der Waals surface area contributed by atoms with Crippen molar-refractivity contribution in [2.45, 2.75) is 57.9 Å². The summed E-state index contributed by atoms with van der Waals surface area (Å²) in [5.41, 5.74) is 0.187. The van der Waals surface area contributed by atoms with Crippen LogP contribution in [-0.2, 0) is 9.47 Å². The molecule has 1 amide bonds. The van der Waals surface area contributed by atoms with E-state index < -0.39 is 11.7 Å². The van der Waals surface area contributed by atoms with E-state index in [9.17, 15) is 9.90 Å². The number of morpholine rings is 1. The molecule has 6 nitrogen and oxygen atoms in total. The minimum atomic E-state index is -0.723. The highest BCUT2D eigenvalue weighted by atomic mass is 16.6. The quantitative estimate of drug-likeness (QED) is 0.902. The summed E-state index contributed by atoms with van der Waals surface area (Å²) >= 11 is 0. The van der Waals surface area contributed by atoms with Crippen LogP contribution < -0.4 is 4.74 Å². The van der Waals surface area contributed by atoms with Gasteiger partial charge in [-0.25, -0.2) is 4.79 Å². The van der Waals surface area contributed by atoms with E-state index >= 15 is 0 Å². The molecule has 0 spiro atoms. The number of carbonyl (C=O) groups excluding carboxylic acids is 1. The molecule has 1 aliphatic rings. The van der Waals surface area contributed by atoms with Crippen LogP contribution in [0.5, 0.6) is 5.75 Å². The Kier molecular flexibility index (Phi) is 6.30. The third-order valence-corrected chi connectivity index (χ3v) is 4.12. The fourth-order valence-corrected chi connectivity index (χ4v) is 2.96. The maximum Gasteiger partial charge on any atom is 0.410 e. The highest BCUT2D eigenvalue weighted by Gasteiger charge is 2.36. The number of rotatable bonds is 4. The van der Waals surface area contributed by atoms with Gasteiger partial charge >= 0.3 is 6.09 Å². The Hall–Kier alpha value is -1.79. The van der Waals surface area contributed by atoms with Crippen molar-refractivity contribution in [3.05, 3.63) is 29.8 Å². The maximum atomic E-state index is 12.6. The molecule has 1 heterocycles. The summed E-state index contributed by atoms with van der Waals surface area (Å²) in [6.45, 7) is 8.30. The molecule has 0 aromatic heterocycles. The van der Waals surface area contributed by atoms with E-state index in [1.807, 2.05) is 45.9 Å². The lowest BCUT2D eigenvalue weighted by Gasteiger charge is -2.41. The van der Waals surface area contributed by atoms with E-state index in [1.54, 1.807) is 18.1 Å². The predicted molar refractivity (Wildman–Crippen MR) is 94.7 cm³/mol. The minimum absolute atomic E-state index is 0.105. The summed E-state index contributed by atoms with van der Waals surface area (Å²) in [7, 11) is 1.59. The van der Waals surface area contributed by atoms with Crippen LogP contribution in [0.4, 0.5) is 4.79 Å². The average Bonchev–Trinajstić information content (AvgIpc) is 2.53. The van der Waals surface area contributed by atoms with Crippen molar-refractivity contribution >= 4 is 6.09 Å². The fraction of sp³-hybridized carbons (Fsp3) is 0.632. The van der Waals surface area contributed by atoms with Gasteiger partial charge in [0, 0.05) is 6.42 Å². The van der Waals surface area contributed by atoms with Gasteiger partial charge in [0.2, 0.25) is 0 Å². The lowest BCUT2D eigenvalue weighted by atomic mass is 9.99. The van der Waals surface area contributed by atoms with Crippen molar-refractivity contribution in [3.63, 3.8) is 0 Å². The van der Waals surface area contributed by atoms with Gasteiger partial charge in [-0.2, -0.15) is 0 Å². The summed E-state index contributed by atoms with van der Waals surface area (Å²) in [6.07, 6.45) is -0.721. The van der Waals surface area contributed by atoms with E-state index in [4.69, 9.17) is 14.2 Å². The molecule has 0 bridgehead atoms. The third-order valence-electron chi connectivity index (χ3n) is 4.12. The first-order valence-corrected chi connectivity index (χ1v) is 8.62. The van der Waals surface area contributed by atoms with Crippen LogP contribution in [0.2, 0.25) is 0 Å². The van der Waals surface area contributed by atoms with E-state index in [-0.39, 0.29) is 18.2 Å². The number of benzene rings is 1. The van der Waals surface area contributed by atoms with Crippen LogP contribution in [-0.4, -0.2) is 54.1 Å². The molecule has 1 aromatic rings. The molecule has 1 N–H and O–H groups in total. The molecule has 1 aromatic carbocycles. The van der Waals surface area contributed by atoms with Crippen LogP contribution in [0, 0.1) is 0 Å². The number of amides is 1. The number of aliphatic hydroxyl groups is 1. The number of methoxy groups -OCH3 is 1. The Morgan fingerprint density at radius 1 is 1.40 bits per heavy atom. The standard InChI is InChI=1S/C19H29NO5/c1-13-11-24-12-15(20(13)18(22)25-19(2,3)4)10-17(21)14-7-6-8-16(9-14)23-5/h6-9,13,15,17,21H,10-12H2,1-5H3. The van der Waals surface area contributed by atoms with Crippen LogP contribution in [0.15, 0.2) is 24.3 Å². The van der Waals surface area contributed by atoms with Crippen molar-refractivity contribution in [2.75, 3.05) is 20.3 Å². The second-order valence-corrected chi connectivity index (χ2v) is 7.46. The highest BCUT2D eigenvalue weighted by Crippen LogP contribution is 2.28. The van der Waals surface area contributed by atoms with Crippen molar-refractivity contribution < 1.29 is 24.1 Å². The maximum absolute atomic E-state index is 12.6. The van der Waals surface area contributed by atoms with E-state index in [0.717, 1.165) is 5.56 Å². The van der Waals surface area contributed by atoms with E-state index in [1.165, 1.54) is 0 Å². The number of hydrogen-bond acceptors (Lipinski definition) is 5. The molecule has 3 atom stereocenters. The van der Waals surface area contributed by atoms with Gasteiger partial charge in [0.15, 0.2) is 0 Å². The molecule has 25 heavy (non-hydrogen) atoms. The predicted octanol–water partition coefficient (Wildman–Crippen LogP) is 3.14. The first kappa shape index (κ1) is 19.5. The Balaban J connectivity index is 2.12. The van der Waals surface area contributed by atoms with Crippen LogP contribution in [0.25, 0.3) is 0 Å². The smallest absolute Gasteiger partial charge is 0.410 e. The zero-order valence-electron chi connectivity index (χ0n) is 15.7. The fourth-order valence-electron chi connectivity index (χ4n) is 2.96. The van der Waals surface area contributed by atoms with Crippen LogP contribution >= 0.6 is 0 Å². The summed E-state index contributed by atoms with van der Waals surface area (Å²) in [5, 5.41) is 10.6. The molecular weight excluding hydrogens is 322 g/mol. The molecule has 0 aliphatic carbocycles. The van der Waals surface area contributed by atoms with Gasteiger partial charge in [-0.3, -0.25) is 4.90 Å². The average molecular weight is 351 g/mol. The van der Waals surface area contributed by atoms with Gasteiger partial charge in [-0.15, -0.1) is 0 Å². The lowest BCUT2D eigenvalue weighted by molar-refractivity contribution is -0.0662. The zero-order chi connectivity index (χ0) is 18.6. The molecule has 0 radical (unpaired) electrons. The summed E-state index contributed by atoms with van der Waals surface area (Å²) in [6, 6.07) is 6.96. The largest absolute Gasteiger partial charge is 0.497 e. The van der Waals surface area contributed by atoms with Crippen molar-refractivity contribution in [1.82, 2.24) is 4.90 Å². The Labute approximate surface area is 149 Å². The number of carbonyl (C=O) groups is 1. The van der Waals surface area contributed by atoms with Gasteiger partial charge in [-0.1, -0.05) is 12.1 Å². The zero-order valence-corrected chi connectivity index (χ0v) is 15.7. The molecule has 1 fully saturated rings. The number of hydrogen-bond donors (Lipinski definition) is 1. The molecule has 1 aliphatic heterocycles. The van der Waals surface area contributed by atoms with Crippen LogP contribution in [0.1, 0.15) is 45.8 Å². The molecule has 2 rings (SSSR count). The molecular formula is C19H29NO5.